The molecule has 0 amide bonds. The first-order valence-corrected chi connectivity index (χ1v) is 10.7. The average molecular weight is 482 g/mol. The summed E-state index contributed by atoms with van der Waals surface area (Å²) < 4.78 is 22.7. The summed E-state index contributed by atoms with van der Waals surface area (Å²) in [5, 5.41) is 5.52. The first-order valence-electron chi connectivity index (χ1n) is 9.40. The van der Waals surface area contributed by atoms with Crippen molar-refractivity contribution in [2.75, 3.05) is 12.4 Å². The van der Waals surface area contributed by atoms with E-state index in [0.717, 1.165) is 10.6 Å². The third-order valence-electron chi connectivity index (χ3n) is 4.67. The van der Waals surface area contributed by atoms with Crippen molar-refractivity contribution >= 4 is 52.2 Å². The number of aromatic nitrogens is 3. The van der Waals surface area contributed by atoms with Crippen LogP contribution in [-0.2, 0) is 13.0 Å². The molecule has 0 saturated carbocycles. The summed E-state index contributed by atoms with van der Waals surface area (Å²) in [4.78, 5) is 9.72. The number of hydrogen-bond donors (Lipinski definition) is 2. The normalized spacial score (nSPS) is 11.9. The van der Waals surface area contributed by atoms with Gasteiger partial charge in [-0.1, -0.05) is 6.07 Å². The number of halogens is 3. The Bertz CT molecular complexity index is 1160. The lowest BCUT2D eigenvalue weighted by atomic mass is 10.1. The molecule has 31 heavy (non-hydrogen) atoms. The van der Waals surface area contributed by atoms with Crippen molar-refractivity contribution in [1.82, 2.24) is 14.5 Å². The van der Waals surface area contributed by atoms with Crippen molar-refractivity contribution in [2.45, 2.75) is 25.9 Å². The Labute approximate surface area is 194 Å². The van der Waals surface area contributed by atoms with Crippen molar-refractivity contribution in [2.24, 2.45) is 5.73 Å². The second-order valence-corrected chi connectivity index (χ2v) is 8.32. The van der Waals surface area contributed by atoms with Crippen LogP contribution in [0.4, 0.5) is 10.2 Å². The van der Waals surface area contributed by atoms with Gasteiger partial charge in [-0.05, 0) is 54.2 Å². The predicted octanol–water partition coefficient (Wildman–Crippen LogP) is 5.21. The van der Waals surface area contributed by atoms with Crippen LogP contribution in [0.15, 0.2) is 41.8 Å². The number of hydrogen-bond acceptors (Lipinski definition) is 6. The van der Waals surface area contributed by atoms with Gasteiger partial charge in [-0.25, -0.2) is 4.39 Å². The zero-order valence-electron chi connectivity index (χ0n) is 16.9. The zero-order chi connectivity index (χ0) is 21.3. The Morgan fingerprint density at radius 1 is 1.26 bits per heavy atom. The number of methoxy groups -OCH3 is 1. The molecule has 0 spiro atoms. The number of rotatable bonds is 7. The molecule has 0 bridgehead atoms. The van der Waals surface area contributed by atoms with Crippen LogP contribution in [0.25, 0.3) is 16.7 Å². The molecular formula is C21H22Cl2FN5OS. The molecule has 0 aliphatic carbocycles. The van der Waals surface area contributed by atoms with Crippen LogP contribution in [0.5, 0.6) is 5.75 Å². The van der Waals surface area contributed by atoms with Gasteiger partial charge in [0.2, 0.25) is 5.28 Å². The van der Waals surface area contributed by atoms with E-state index in [1.807, 2.05) is 48.7 Å². The molecule has 0 radical (unpaired) electrons. The molecule has 3 aromatic heterocycles. The maximum absolute atomic E-state index is 15.7. The minimum atomic E-state index is -0.400. The van der Waals surface area contributed by atoms with Gasteiger partial charge in [0.15, 0.2) is 11.5 Å². The highest BCUT2D eigenvalue weighted by Crippen LogP contribution is 2.34. The molecule has 4 rings (SSSR count). The van der Waals surface area contributed by atoms with E-state index in [-0.39, 0.29) is 23.7 Å². The van der Waals surface area contributed by atoms with E-state index in [2.05, 4.69) is 15.3 Å². The molecular weight excluding hydrogens is 460 g/mol. The zero-order valence-corrected chi connectivity index (χ0v) is 19.3. The quantitative estimate of drug-likeness (QED) is 0.354. The van der Waals surface area contributed by atoms with Gasteiger partial charge >= 0.3 is 0 Å². The number of nitrogens with zero attached hydrogens (tertiary/aromatic N) is 3. The van der Waals surface area contributed by atoms with Crippen LogP contribution < -0.4 is 15.8 Å². The smallest absolute Gasteiger partial charge is 0.226 e. The van der Waals surface area contributed by atoms with E-state index in [0.29, 0.717) is 41.3 Å². The molecule has 4 aromatic rings. The number of benzene rings is 1. The molecule has 1 atom stereocenters. The minimum absolute atomic E-state index is 0. The maximum Gasteiger partial charge on any atom is 0.226 e. The van der Waals surface area contributed by atoms with E-state index in [4.69, 9.17) is 22.1 Å². The molecule has 0 saturated heterocycles. The van der Waals surface area contributed by atoms with Crippen molar-refractivity contribution in [3.63, 3.8) is 0 Å². The van der Waals surface area contributed by atoms with Gasteiger partial charge in [-0.3, -0.25) is 4.57 Å². The van der Waals surface area contributed by atoms with Crippen molar-refractivity contribution in [3.05, 3.63) is 63.5 Å². The van der Waals surface area contributed by atoms with Crippen LogP contribution in [-0.4, -0.2) is 27.7 Å². The van der Waals surface area contributed by atoms with Crippen LogP contribution in [0.3, 0.4) is 0 Å². The molecule has 3 heterocycles. The summed E-state index contributed by atoms with van der Waals surface area (Å²) in [5.74, 6) is 0.660. The van der Waals surface area contributed by atoms with E-state index >= 15 is 4.39 Å². The summed E-state index contributed by atoms with van der Waals surface area (Å²) in [6.07, 6.45) is 0.330. The Kier molecular flexibility index (Phi) is 7.38. The van der Waals surface area contributed by atoms with Crippen LogP contribution in [0.1, 0.15) is 17.5 Å². The second-order valence-electron chi connectivity index (χ2n) is 6.95. The monoisotopic (exact) mass is 481 g/mol. The third kappa shape index (κ3) is 4.77. The highest BCUT2D eigenvalue weighted by Gasteiger charge is 2.24. The number of ether oxygens (including phenoxy) is 1. The average Bonchev–Trinajstić information content (AvgIpc) is 3.33. The summed E-state index contributed by atoms with van der Waals surface area (Å²) in [7, 11) is 1.60. The summed E-state index contributed by atoms with van der Waals surface area (Å²) in [6, 6.07) is 11.0. The summed E-state index contributed by atoms with van der Waals surface area (Å²) >= 11 is 7.83. The first-order chi connectivity index (χ1) is 14.5. The molecule has 0 unspecified atom stereocenters. The van der Waals surface area contributed by atoms with Crippen molar-refractivity contribution in [1.29, 1.82) is 0 Å². The largest absolute Gasteiger partial charge is 0.497 e. The van der Waals surface area contributed by atoms with E-state index in [9.17, 15) is 0 Å². The lowest BCUT2D eigenvalue weighted by molar-refractivity contribution is 0.414. The highest BCUT2D eigenvalue weighted by molar-refractivity contribution is 7.09. The summed E-state index contributed by atoms with van der Waals surface area (Å²) in [6.45, 7) is 2.35. The summed E-state index contributed by atoms with van der Waals surface area (Å²) in [5.41, 5.74) is 7.58. The fourth-order valence-corrected chi connectivity index (χ4v) is 4.17. The Balaban J connectivity index is 0.00000272. The number of anilines is 1. The molecule has 1 aromatic carbocycles. The van der Waals surface area contributed by atoms with Gasteiger partial charge in [-0.15, -0.1) is 23.7 Å². The fourth-order valence-electron chi connectivity index (χ4n) is 3.36. The van der Waals surface area contributed by atoms with Gasteiger partial charge in [-0.2, -0.15) is 9.97 Å². The topological polar surface area (TPSA) is 78.0 Å². The lowest BCUT2D eigenvalue weighted by Crippen LogP contribution is -2.20. The van der Waals surface area contributed by atoms with Crippen molar-refractivity contribution in [3.8, 4) is 11.4 Å². The molecule has 3 N–H and O–H groups in total. The van der Waals surface area contributed by atoms with Gasteiger partial charge in [0.1, 0.15) is 11.6 Å². The lowest BCUT2D eigenvalue weighted by Gasteiger charge is -2.12. The number of fused-ring (bicyclic) bond motifs is 1. The number of nitrogens with two attached hydrogens (primary N) is 1. The number of nitrogens with one attached hydrogen (secondary N) is 1. The first kappa shape index (κ1) is 23.3. The molecule has 0 fully saturated rings. The predicted molar refractivity (Wildman–Crippen MR) is 127 cm³/mol. The molecule has 10 heteroatoms. The highest BCUT2D eigenvalue weighted by atomic mass is 35.5. The SMILES string of the molecule is COc1ccc(-n2c(C[C@H](C)N)c(F)c3c(NCc4cccs4)nc(Cl)nc32)cc1.Cl. The van der Waals surface area contributed by atoms with E-state index < -0.39 is 5.82 Å². The minimum Gasteiger partial charge on any atom is -0.497 e. The van der Waals surface area contributed by atoms with Gasteiger partial charge < -0.3 is 15.8 Å². The molecule has 164 valence electrons. The number of thiophene rings is 1. The van der Waals surface area contributed by atoms with E-state index in [1.54, 1.807) is 23.0 Å². The second kappa shape index (κ2) is 9.82. The van der Waals surface area contributed by atoms with Crippen LogP contribution in [0.2, 0.25) is 5.28 Å². The fraction of sp³-hybridized carbons (Fsp3) is 0.238. The standard InChI is InChI=1S/C21H21ClFN5OS.ClH/c1-12(24)10-16-18(23)17-19(25-11-15-4-3-9-30-15)26-21(22)27-20(17)28(16)13-5-7-14(29-2)8-6-13;/h3-9,12H,10-11,24H2,1-2H3,(H,25,26,27);1H/t12-;/m0./s1. The maximum atomic E-state index is 15.7. The molecule has 0 aliphatic rings. The Hall–Kier alpha value is -2.39. The Morgan fingerprint density at radius 3 is 2.61 bits per heavy atom. The third-order valence-corrected chi connectivity index (χ3v) is 5.72. The van der Waals surface area contributed by atoms with Gasteiger partial charge in [0.05, 0.1) is 24.7 Å². The Morgan fingerprint density at radius 2 is 2.00 bits per heavy atom. The van der Waals surface area contributed by atoms with E-state index in [1.165, 1.54) is 0 Å². The van der Waals surface area contributed by atoms with Crippen molar-refractivity contribution < 1.29 is 9.13 Å². The molecule has 6 nitrogen and oxygen atoms in total. The van der Waals surface area contributed by atoms with Crippen LogP contribution >= 0.6 is 35.3 Å². The van der Waals surface area contributed by atoms with Gasteiger partial charge in [0, 0.05) is 23.0 Å². The molecule has 0 aliphatic heterocycles. The van der Waals surface area contributed by atoms with Gasteiger partial charge in [0.25, 0.3) is 0 Å². The van der Waals surface area contributed by atoms with Crippen LogP contribution in [0, 0.1) is 5.82 Å².